The molecule has 20 heavy (non-hydrogen) atoms. The van der Waals surface area contributed by atoms with Gasteiger partial charge in [0.1, 0.15) is 6.04 Å². The van der Waals surface area contributed by atoms with Crippen LogP contribution in [-0.2, 0) is 14.7 Å². The molecule has 108 valence electrons. The molecule has 0 radical (unpaired) electrons. The molecule has 2 aliphatic heterocycles. The number of amides is 2. The van der Waals surface area contributed by atoms with Crippen molar-refractivity contribution < 1.29 is 26.4 Å². The average Bonchev–Trinajstić information content (AvgIpc) is 2.87. The molecule has 0 aliphatic carbocycles. The van der Waals surface area contributed by atoms with Crippen molar-refractivity contribution in [2.24, 2.45) is 0 Å². The van der Waals surface area contributed by atoms with Gasteiger partial charge in [0.2, 0.25) is 0 Å². The first kappa shape index (κ1) is 13.0. The zero-order chi connectivity index (χ0) is 14.5. The zero-order valence-electron chi connectivity index (χ0n) is 9.88. The van der Waals surface area contributed by atoms with E-state index in [0.29, 0.717) is 10.8 Å². The fourth-order valence-corrected chi connectivity index (χ4v) is 2.55. The number of carbonyl (C=O) groups is 1. The van der Waals surface area contributed by atoms with Crippen LogP contribution >= 0.6 is 0 Å². The number of urea groups is 1. The molecule has 1 unspecified atom stereocenters. The first-order valence-electron chi connectivity index (χ1n) is 5.50. The molecular formula is C9H9FN4O5S. The van der Waals surface area contributed by atoms with Crippen LogP contribution in [0.1, 0.15) is 0 Å². The van der Waals surface area contributed by atoms with E-state index >= 15 is 0 Å². The summed E-state index contributed by atoms with van der Waals surface area (Å²) in [6.45, 7) is 0.337. The predicted molar refractivity (Wildman–Crippen MR) is 61.7 cm³/mol. The van der Waals surface area contributed by atoms with E-state index in [4.69, 9.17) is 4.55 Å². The Kier molecular flexibility index (Phi) is 2.77. The molecule has 1 fully saturated rings. The summed E-state index contributed by atoms with van der Waals surface area (Å²) in [4.78, 5) is 13.2. The van der Waals surface area contributed by atoms with Crippen LogP contribution in [0.25, 0.3) is 5.70 Å². The van der Waals surface area contributed by atoms with Gasteiger partial charge in [-0.1, -0.05) is 0 Å². The largest absolute Gasteiger partial charge is 0.418 e. The van der Waals surface area contributed by atoms with Crippen LogP contribution in [0.3, 0.4) is 0 Å². The van der Waals surface area contributed by atoms with E-state index in [-0.39, 0.29) is 13.1 Å². The van der Waals surface area contributed by atoms with Crippen molar-refractivity contribution in [3.8, 4) is 0 Å². The lowest BCUT2D eigenvalue weighted by molar-refractivity contribution is -0.0183. The summed E-state index contributed by atoms with van der Waals surface area (Å²) in [5, 5.41) is 4.33. The zero-order valence-corrected chi connectivity index (χ0v) is 10.7. The molecular weight excluding hydrogens is 295 g/mol. The van der Waals surface area contributed by atoms with E-state index in [9.17, 15) is 17.6 Å². The molecule has 0 spiro atoms. The normalized spacial score (nSPS) is 22.4. The first-order chi connectivity index (χ1) is 9.33. The standard InChI is InChI=1S/C9H9FN4O5S/c10-6-2-11-13(3-6)7-1-8-5-12(4-7)9(15)14(8)19-20(16,17)18/h1-3,8H,4-5H2,(H,16,17,18). The van der Waals surface area contributed by atoms with Gasteiger partial charge in [0.15, 0.2) is 5.82 Å². The molecule has 1 aromatic heterocycles. The molecule has 1 atom stereocenters. The molecule has 1 saturated heterocycles. The Balaban J connectivity index is 1.90. The summed E-state index contributed by atoms with van der Waals surface area (Å²) in [6.07, 6.45) is 3.68. The number of hydrogen-bond acceptors (Lipinski definition) is 5. The number of fused-ring (bicyclic) bond motifs is 2. The van der Waals surface area contributed by atoms with Gasteiger partial charge in [-0.3, -0.25) is 4.55 Å². The van der Waals surface area contributed by atoms with Crippen LogP contribution < -0.4 is 0 Å². The summed E-state index contributed by atoms with van der Waals surface area (Å²) < 4.78 is 48.5. The highest BCUT2D eigenvalue weighted by Gasteiger charge is 2.43. The number of halogens is 1. The third-order valence-electron chi connectivity index (χ3n) is 2.93. The van der Waals surface area contributed by atoms with Crippen molar-refractivity contribution in [1.82, 2.24) is 19.7 Å². The Morgan fingerprint density at radius 1 is 1.50 bits per heavy atom. The SMILES string of the molecule is O=C1N2CC(n3cc(F)cn3)=CC(C2)N1OS(=O)(=O)O. The molecule has 0 aromatic carbocycles. The molecule has 1 N–H and O–H groups in total. The van der Waals surface area contributed by atoms with Crippen LogP contribution in [0.2, 0.25) is 0 Å². The van der Waals surface area contributed by atoms with E-state index in [1.54, 1.807) is 0 Å². The summed E-state index contributed by atoms with van der Waals surface area (Å²) in [7, 11) is -4.79. The van der Waals surface area contributed by atoms with Crippen molar-refractivity contribution in [2.75, 3.05) is 13.1 Å². The lowest BCUT2D eigenvalue weighted by atomic mass is 10.2. The highest BCUT2D eigenvalue weighted by atomic mass is 32.3. The van der Waals surface area contributed by atoms with Crippen molar-refractivity contribution in [3.63, 3.8) is 0 Å². The fourth-order valence-electron chi connectivity index (χ4n) is 2.18. The lowest BCUT2D eigenvalue weighted by Gasteiger charge is -2.20. The highest BCUT2D eigenvalue weighted by molar-refractivity contribution is 7.80. The van der Waals surface area contributed by atoms with E-state index in [0.717, 1.165) is 12.4 Å². The average molecular weight is 304 g/mol. The number of rotatable bonds is 3. The Morgan fingerprint density at radius 3 is 2.85 bits per heavy atom. The van der Waals surface area contributed by atoms with Gasteiger partial charge in [0.05, 0.1) is 24.6 Å². The lowest BCUT2D eigenvalue weighted by Crippen LogP contribution is -2.35. The second kappa shape index (κ2) is 4.26. The Morgan fingerprint density at radius 2 is 2.25 bits per heavy atom. The minimum atomic E-state index is -4.79. The number of aromatic nitrogens is 2. The third-order valence-corrected chi connectivity index (χ3v) is 3.27. The minimum Gasteiger partial charge on any atom is -0.314 e. The van der Waals surface area contributed by atoms with Crippen molar-refractivity contribution in [2.45, 2.75) is 6.04 Å². The van der Waals surface area contributed by atoms with Crippen LogP contribution in [0.5, 0.6) is 0 Å². The van der Waals surface area contributed by atoms with Gasteiger partial charge in [0.25, 0.3) is 0 Å². The van der Waals surface area contributed by atoms with Crippen LogP contribution in [0.15, 0.2) is 18.5 Å². The van der Waals surface area contributed by atoms with Crippen LogP contribution in [0, 0.1) is 5.82 Å². The van der Waals surface area contributed by atoms with Crippen molar-refractivity contribution in [1.29, 1.82) is 0 Å². The number of hydrogen-bond donors (Lipinski definition) is 1. The summed E-state index contributed by atoms with van der Waals surface area (Å²) in [5.74, 6) is -0.531. The number of carbonyl (C=O) groups excluding carboxylic acids is 1. The smallest absolute Gasteiger partial charge is 0.314 e. The van der Waals surface area contributed by atoms with Gasteiger partial charge in [-0.2, -0.15) is 18.6 Å². The predicted octanol–water partition coefficient (Wildman–Crippen LogP) is -0.283. The van der Waals surface area contributed by atoms with E-state index in [2.05, 4.69) is 9.38 Å². The minimum absolute atomic E-state index is 0.127. The molecule has 11 heteroatoms. The maximum absolute atomic E-state index is 12.9. The molecule has 3 heterocycles. The quantitative estimate of drug-likeness (QED) is 0.770. The molecule has 2 amide bonds. The molecule has 1 aromatic rings. The molecule has 2 aliphatic rings. The van der Waals surface area contributed by atoms with Crippen molar-refractivity contribution >= 4 is 22.1 Å². The maximum Gasteiger partial charge on any atom is 0.418 e. The summed E-state index contributed by atoms with van der Waals surface area (Å²) in [5.41, 5.74) is 0.500. The molecule has 2 bridgehead atoms. The van der Waals surface area contributed by atoms with Crippen molar-refractivity contribution in [3.05, 3.63) is 24.3 Å². The van der Waals surface area contributed by atoms with Gasteiger partial charge in [0, 0.05) is 6.54 Å². The van der Waals surface area contributed by atoms with Crippen LogP contribution in [-0.4, -0.2) is 57.9 Å². The maximum atomic E-state index is 12.9. The van der Waals surface area contributed by atoms with E-state index in [1.807, 2.05) is 0 Å². The van der Waals surface area contributed by atoms with Gasteiger partial charge in [-0.25, -0.2) is 13.9 Å². The second-order valence-electron chi connectivity index (χ2n) is 4.32. The third kappa shape index (κ3) is 2.26. The van der Waals surface area contributed by atoms with Gasteiger partial charge in [-0.15, -0.1) is 4.28 Å². The number of hydroxylamine groups is 2. The number of nitrogens with zero attached hydrogens (tertiary/aromatic N) is 4. The second-order valence-corrected chi connectivity index (χ2v) is 5.32. The Labute approximate surface area is 112 Å². The van der Waals surface area contributed by atoms with Crippen LogP contribution in [0.4, 0.5) is 9.18 Å². The Bertz CT molecular complexity index is 699. The topological polar surface area (TPSA) is 105 Å². The molecule has 9 nitrogen and oxygen atoms in total. The fraction of sp³-hybridized carbons (Fsp3) is 0.333. The highest BCUT2D eigenvalue weighted by Crippen LogP contribution is 2.27. The van der Waals surface area contributed by atoms with Gasteiger partial charge >= 0.3 is 16.4 Å². The first-order valence-corrected chi connectivity index (χ1v) is 6.86. The Hall–Kier alpha value is -1.98. The van der Waals surface area contributed by atoms with Gasteiger partial charge in [-0.05, 0) is 6.08 Å². The molecule has 0 saturated carbocycles. The van der Waals surface area contributed by atoms with E-state index in [1.165, 1.54) is 15.7 Å². The molecule has 3 rings (SSSR count). The van der Waals surface area contributed by atoms with E-state index < -0.39 is 28.3 Å². The summed E-state index contributed by atoms with van der Waals surface area (Å²) in [6, 6.07) is -1.41. The van der Waals surface area contributed by atoms with Gasteiger partial charge < -0.3 is 4.90 Å². The summed E-state index contributed by atoms with van der Waals surface area (Å²) >= 11 is 0. The monoisotopic (exact) mass is 304 g/mol.